The normalized spacial score (nSPS) is 18.9. The van der Waals surface area contributed by atoms with Crippen LogP contribution in [0.3, 0.4) is 0 Å². The van der Waals surface area contributed by atoms with Crippen LogP contribution in [0.1, 0.15) is 29.5 Å². The van der Waals surface area contributed by atoms with E-state index in [1.54, 1.807) is 7.11 Å². The van der Waals surface area contributed by atoms with E-state index in [0.29, 0.717) is 11.3 Å². The van der Waals surface area contributed by atoms with Gasteiger partial charge in [0.15, 0.2) is 5.67 Å². The molecule has 2 rings (SSSR count). The molecule has 94 valence electrons. The van der Waals surface area contributed by atoms with Crippen LogP contribution in [0.15, 0.2) is 12.1 Å². The summed E-state index contributed by atoms with van der Waals surface area (Å²) >= 11 is 0. The van der Waals surface area contributed by atoms with Gasteiger partial charge in [0.2, 0.25) is 0 Å². The van der Waals surface area contributed by atoms with E-state index in [0.717, 1.165) is 24.0 Å². The summed E-state index contributed by atoms with van der Waals surface area (Å²) in [6, 6.07) is 3.87. The Balaban J connectivity index is 2.56. The summed E-state index contributed by atoms with van der Waals surface area (Å²) in [5.74, 6) is 0.685. The van der Waals surface area contributed by atoms with Gasteiger partial charge in [0.05, 0.1) is 7.11 Å². The second kappa shape index (κ2) is 4.30. The summed E-state index contributed by atoms with van der Waals surface area (Å²) in [7, 11) is 1.58. The molecule has 3 heteroatoms. The largest absolute Gasteiger partial charge is 0.496 e. The standard InChI is InChI=1S/C14H20FNO/c1-9-6-10(2)13(12(7-9)17-3)14(15,8-16)11-4-5-11/h6-7,11H,4-5,8,16H2,1-3H3. The van der Waals surface area contributed by atoms with Gasteiger partial charge in [-0.15, -0.1) is 0 Å². The fourth-order valence-corrected chi connectivity index (χ4v) is 2.64. The zero-order chi connectivity index (χ0) is 12.6. The van der Waals surface area contributed by atoms with Crippen molar-refractivity contribution in [2.45, 2.75) is 32.4 Å². The second-order valence-electron chi connectivity index (χ2n) is 5.00. The fourth-order valence-electron chi connectivity index (χ4n) is 2.64. The van der Waals surface area contributed by atoms with Crippen molar-refractivity contribution in [3.05, 3.63) is 28.8 Å². The molecule has 0 aliphatic heterocycles. The quantitative estimate of drug-likeness (QED) is 0.874. The Morgan fingerprint density at radius 2 is 2.06 bits per heavy atom. The molecule has 2 nitrogen and oxygen atoms in total. The highest BCUT2D eigenvalue weighted by atomic mass is 19.1. The Bertz CT molecular complexity index is 428. The van der Waals surface area contributed by atoms with Crippen molar-refractivity contribution < 1.29 is 9.13 Å². The summed E-state index contributed by atoms with van der Waals surface area (Å²) in [6.45, 7) is 3.94. The zero-order valence-electron chi connectivity index (χ0n) is 10.7. The van der Waals surface area contributed by atoms with E-state index in [1.165, 1.54) is 0 Å². The Labute approximate surface area is 102 Å². The molecule has 1 aromatic carbocycles. The van der Waals surface area contributed by atoms with Gasteiger partial charge in [-0.2, -0.15) is 0 Å². The molecule has 1 atom stereocenters. The molecular weight excluding hydrogens is 217 g/mol. The second-order valence-corrected chi connectivity index (χ2v) is 5.00. The number of hydrogen-bond donors (Lipinski definition) is 1. The highest BCUT2D eigenvalue weighted by Crippen LogP contribution is 2.51. The Morgan fingerprint density at radius 1 is 1.41 bits per heavy atom. The first-order valence-electron chi connectivity index (χ1n) is 6.07. The van der Waals surface area contributed by atoms with Crippen molar-refractivity contribution >= 4 is 0 Å². The number of methoxy groups -OCH3 is 1. The third kappa shape index (κ3) is 2.04. The maximum absolute atomic E-state index is 15.1. The summed E-state index contributed by atoms with van der Waals surface area (Å²) in [5, 5.41) is 0. The number of ether oxygens (including phenoxy) is 1. The number of hydrogen-bond acceptors (Lipinski definition) is 2. The van der Waals surface area contributed by atoms with E-state index in [4.69, 9.17) is 10.5 Å². The van der Waals surface area contributed by atoms with Gasteiger partial charge in [-0.3, -0.25) is 0 Å². The molecule has 1 aromatic rings. The molecule has 1 unspecified atom stereocenters. The van der Waals surface area contributed by atoms with Crippen LogP contribution in [0.25, 0.3) is 0 Å². The monoisotopic (exact) mass is 237 g/mol. The summed E-state index contributed by atoms with van der Waals surface area (Å²) in [6.07, 6.45) is 1.84. The molecule has 17 heavy (non-hydrogen) atoms. The predicted molar refractivity (Wildman–Crippen MR) is 67.0 cm³/mol. The zero-order valence-corrected chi connectivity index (χ0v) is 10.7. The fraction of sp³-hybridized carbons (Fsp3) is 0.571. The van der Waals surface area contributed by atoms with Crippen molar-refractivity contribution in [3.63, 3.8) is 0 Å². The van der Waals surface area contributed by atoms with Crippen LogP contribution >= 0.6 is 0 Å². The van der Waals surface area contributed by atoms with Gasteiger partial charge in [0, 0.05) is 12.1 Å². The SMILES string of the molecule is COc1cc(C)cc(C)c1C(F)(CN)C1CC1. The average molecular weight is 237 g/mol. The molecule has 0 saturated heterocycles. The predicted octanol–water partition coefficient (Wildman–Crippen LogP) is 2.85. The lowest BCUT2D eigenvalue weighted by molar-refractivity contribution is 0.137. The van der Waals surface area contributed by atoms with Crippen molar-refractivity contribution in [3.8, 4) is 5.75 Å². The molecular formula is C14H20FNO. The van der Waals surface area contributed by atoms with Crippen molar-refractivity contribution in [1.29, 1.82) is 0 Å². The molecule has 0 aromatic heterocycles. The van der Waals surface area contributed by atoms with Crippen LogP contribution in [0, 0.1) is 19.8 Å². The summed E-state index contributed by atoms with van der Waals surface area (Å²) < 4.78 is 20.4. The highest BCUT2D eigenvalue weighted by molar-refractivity contribution is 5.47. The lowest BCUT2D eigenvalue weighted by Gasteiger charge is -2.28. The van der Waals surface area contributed by atoms with Gasteiger partial charge in [-0.1, -0.05) is 6.07 Å². The van der Waals surface area contributed by atoms with E-state index >= 15 is 4.39 Å². The number of benzene rings is 1. The smallest absolute Gasteiger partial charge is 0.154 e. The molecule has 0 amide bonds. The number of aryl methyl sites for hydroxylation is 2. The molecule has 1 saturated carbocycles. The first-order chi connectivity index (χ1) is 8.02. The lowest BCUT2D eigenvalue weighted by Crippen LogP contribution is -2.34. The number of rotatable bonds is 4. The third-order valence-electron chi connectivity index (χ3n) is 3.60. The molecule has 0 heterocycles. The van der Waals surface area contributed by atoms with Gasteiger partial charge >= 0.3 is 0 Å². The van der Waals surface area contributed by atoms with Gasteiger partial charge in [0.1, 0.15) is 5.75 Å². The van der Waals surface area contributed by atoms with Gasteiger partial charge in [-0.25, -0.2) is 4.39 Å². The molecule has 2 N–H and O–H groups in total. The Hall–Kier alpha value is -1.09. The van der Waals surface area contributed by atoms with E-state index < -0.39 is 5.67 Å². The third-order valence-corrected chi connectivity index (χ3v) is 3.60. The maximum atomic E-state index is 15.1. The minimum atomic E-state index is -1.43. The van der Waals surface area contributed by atoms with E-state index in [-0.39, 0.29) is 12.5 Å². The number of nitrogens with two attached hydrogens (primary N) is 1. The van der Waals surface area contributed by atoms with Crippen LogP contribution in [0.5, 0.6) is 5.75 Å². The van der Waals surface area contributed by atoms with E-state index in [9.17, 15) is 0 Å². The lowest BCUT2D eigenvalue weighted by atomic mass is 9.86. The van der Waals surface area contributed by atoms with Gasteiger partial charge in [-0.05, 0) is 49.8 Å². The minimum absolute atomic E-state index is 0.0257. The maximum Gasteiger partial charge on any atom is 0.154 e. The Morgan fingerprint density at radius 3 is 2.53 bits per heavy atom. The molecule has 1 aliphatic carbocycles. The van der Waals surface area contributed by atoms with E-state index in [1.807, 2.05) is 26.0 Å². The van der Waals surface area contributed by atoms with Gasteiger partial charge in [0.25, 0.3) is 0 Å². The molecule has 1 fully saturated rings. The highest BCUT2D eigenvalue weighted by Gasteiger charge is 2.48. The number of alkyl halides is 1. The Kier molecular flexibility index (Phi) is 3.13. The van der Waals surface area contributed by atoms with Crippen molar-refractivity contribution in [2.75, 3.05) is 13.7 Å². The van der Waals surface area contributed by atoms with Crippen LogP contribution in [-0.4, -0.2) is 13.7 Å². The molecule has 0 spiro atoms. The topological polar surface area (TPSA) is 35.2 Å². The van der Waals surface area contributed by atoms with Crippen LogP contribution in [0.2, 0.25) is 0 Å². The van der Waals surface area contributed by atoms with E-state index in [2.05, 4.69) is 0 Å². The number of halogens is 1. The van der Waals surface area contributed by atoms with Crippen LogP contribution < -0.4 is 10.5 Å². The first-order valence-corrected chi connectivity index (χ1v) is 6.07. The van der Waals surface area contributed by atoms with Crippen molar-refractivity contribution in [2.24, 2.45) is 11.7 Å². The summed E-state index contributed by atoms with van der Waals surface area (Å²) in [4.78, 5) is 0. The van der Waals surface area contributed by atoms with Gasteiger partial charge < -0.3 is 10.5 Å². The average Bonchev–Trinajstić information content (AvgIpc) is 3.11. The van der Waals surface area contributed by atoms with Crippen LogP contribution in [0.4, 0.5) is 4.39 Å². The molecule has 1 aliphatic rings. The summed E-state index contributed by atoms with van der Waals surface area (Å²) in [5.41, 5.74) is 6.92. The minimum Gasteiger partial charge on any atom is -0.496 e. The first kappa shape index (κ1) is 12.4. The van der Waals surface area contributed by atoms with Crippen molar-refractivity contribution in [1.82, 2.24) is 0 Å². The molecule has 0 radical (unpaired) electrons. The van der Waals surface area contributed by atoms with Crippen LogP contribution in [-0.2, 0) is 5.67 Å². The molecule has 0 bridgehead atoms.